The Morgan fingerprint density at radius 2 is 1.74 bits per heavy atom. The molecule has 23 heavy (non-hydrogen) atoms. The molecule has 0 saturated carbocycles. The second kappa shape index (κ2) is 7.34. The molecule has 0 fully saturated rings. The Bertz CT molecular complexity index is 789. The molecular formula is C16H17FN2O3S. The number of sulfonamides is 1. The topological polar surface area (TPSA) is 75.3 Å². The summed E-state index contributed by atoms with van der Waals surface area (Å²) in [6.07, 6.45) is 0. The minimum atomic E-state index is -3.31. The molecule has 2 rings (SSSR count). The molecule has 0 unspecified atom stereocenters. The van der Waals surface area contributed by atoms with Crippen LogP contribution in [0.2, 0.25) is 0 Å². The smallest absolute Gasteiger partial charge is 0.251 e. The fourth-order valence-electron chi connectivity index (χ4n) is 1.96. The van der Waals surface area contributed by atoms with Gasteiger partial charge in [0.15, 0.2) is 0 Å². The maximum absolute atomic E-state index is 13.1. The van der Waals surface area contributed by atoms with Crippen LogP contribution in [0.5, 0.6) is 0 Å². The van der Waals surface area contributed by atoms with Gasteiger partial charge in [-0.25, -0.2) is 17.5 Å². The lowest BCUT2D eigenvalue weighted by molar-refractivity contribution is 0.0950. The summed E-state index contributed by atoms with van der Waals surface area (Å²) in [5.74, 6) is -0.932. The average molecular weight is 336 g/mol. The molecule has 2 aromatic carbocycles. The molecule has 7 heteroatoms. The van der Waals surface area contributed by atoms with E-state index in [-0.39, 0.29) is 23.8 Å². The third kappa shape index (κ3) is 5.15. The third-order valence-electron chi connectivity index (χ3n) is 3.23. The number of rotatable bonds is 6. The number of carbonyl (C=O) groups excluding carboxylic acids is 1. The second-order valence-electron chi connectivity index (χ2n) is 4.97. The van der Waals surface area contributed by atoms with Crippen LogP contribution in [0.15, 0.2) is 48.5 Å². The maximum Gasteiger partial charge on any atom is 0.251 e. The largest absolute Gasteiger partial charge is 0.348 e. The van der Waals surface area contributed by atoms with E-state index < -0.39 is 15.8 Å². The maximum atomic E-state index is 13.1. The van der Waals surface area contributed by atoms with Crippen molar-refractivity contribution in [2.75, 3.05) is 7.05 Å². The van der Waals surface area contributed by atoms with E-state index in [1.54, 1.807) is 24.3 Å². The number of amides is 1. The molecule has 0 heterocycles. The van der Waals surface area contributed by atoms with Crippen molar-refractivity contribution >= 4 is 15.9 Å². The van der Waals surface area contributed by atoms with Crippen LogP contribution < -0.4 is 10.0 Å². The van der Waals surface area contributed by atoms with Gasteiger partial charge in [0.25, 0.3) is 5.91 Å². The highest BCUT2D eigenvalue weighted by molar-refractivity contribution is 7.88. The molecule has 0 aliphatic rings. The summed E-state index contributed by atoms with van der Waals surface area (Å²) in [5, 5.41) is 2.69. The van der Waals surface area contributed by atoms with Gasteiger partial charge in [-0.2, -0.15) is 0 Å². The van der Waals surface area contributed by atoms with Crippen LogP contribution in [0, 0.1) is 5.82 Å². The van der Waals surface area contributed by atoms with Crippen LogP contribution in [0.1, 0.15) is 21.5 Å². The van der Waals surface area contributed by atoms with Crippen LogP contribution in [0.25, 0.3) is 0 Å². The van der Waals surface area contributed by atoms with Crippen molar-refractivity contribution in [3.05, 3.63) is 71.0 Å². The fraction of sp³-hybridized carbons (Fsp3) is 0.188. The van der Waals surface area contributed by atoms with E-state index in [0.29, 0.717) is 5.56 Å². The van der Waals surface area contributed by atoms with E-state index in [1.807, 2.05) is 0 Å². The van der Waals surface area contributed by atoms with Crippen molar-refractivity contribution in [3.63, 3.8) is 0 Å². The highest BCUT2D eigenvalue weighted by Gasteiger charge is 2.09. The average Bonchev–Trinajstić information content (AvgIpc) is 2.53. The molecule has 0 radical (unpaired) electrons. The van der Waals surface area contributed by atoms with E-state index in [0.717, 1.165) is 5.56 Å². The zero-order valence-corrected chi connectivity index (χ0v) is 13.4. The van der Waals surface area contributed by atoms with Crippen molar-refractivity contribution in [1.29, 1.82) is 0 Å². The van der Waals surface area contributed by atoms with Crippen molar-refractivity contribution in [2.45, 2.75) is 12.3 Å². The van der Waals surface area contributed by atoms with E-state index >= 15 is 0 Å². The molecule has 5 nitrogen and oxygen atoms in total. The van der Waals surface area contributed by atoms with Crippen molar-refractivity contribution in [1.82, 2.24) is 10.0 Å². The monoisotopic (exact) mass is 336 g/mol. The fourth-order valence-corrected chi connectivity index (χ4v) is 2.73. The Morgan fingerprint density at radius 3 is 2.35 bits per heavy atom. The lowest BCUT2D eigenvalue weighted by Crippen LogP contribution is -2.23. The van der Waals surface area contributed by atoms with E-state index in [2.05, 4.69) is 10.0 Å². The summed E-state index contributed by atoms with van der Waals surface area (Å²) >= 11 is 0. The highest BCUT2D eigenvalue weighted by Crippen LogP contribution is 2.08. The summed E-state index contributed by atoms with van der Waals surface area (Å²) in [5.41, 5.74) is 1.72. The number of hydrogen-bond donors (Lipinski definition) is 2. The van der Waals surface area contributed by atoms with Crippen LogP contribution in [-0.4, -0.2) is 21.4 Å². The molecule has 0 bridgehead atoms. The van der Waals surface area contributed by atoms with Gasteiger partial charge in [-0.1, -0.05) is 30.3 Å². The van der Waals surface area contributed by atoms with Crippen molar-refractivity contribution < 1.29 is 17.6 Å². The highest BCUT2D eigenvalue weighted by atomic mass is 32.2. The summed E-state index contributed by atoms with van der Waals surface area (Å²) in [6, 6.07) is 12.3. The standard InChI is InChI=1S/C16H17FN2O3S/c1-18-23(21,22)11-13-7-5-12(6-8-13)10-19-16(20)14-3-2-4-15(17)9-14/h2-9,18H,10-11H2,1H3,(H,19,20). The van der Waals surface area contributed by atoms with Crippen molar-refractivity contribution in [2.24, 2.45) is 0 Å². The molecule has 1 amide bonds. The minimum absolute atomic E-state index is 0.0978. The van der Waals surface area contributed by atoms with E-state index in [4.69, 9.17) is 0 Å². The van der Waals surface area contributed by atoms with Crippen LogP contribution in [0.4, 0.5) is 4.39 Å². The number of carbonyl (C=O) groups is 1. The molecule has 0 aliphatic carbocycles. The summed E-state index contributed by atoms with van der Waals surface area (Å²) in [4.78, 5) is 11.9. The number of hydrogen-bond acceptors (Lipinski definition) is 3. The lowest BCUT2D eigenvalue weighted by Gasteiger charge is -2.07. The number of nitrogens with one attached hydrogen (secondary N) is 2. The zero-order chi connectivity index (χ0) is 16.9. The van der Waals surface area contributed by atoms with Gasteiger partial charge < -0.3 is 5.32 Å². The lowest BCUT2D eigenvalue weighted by atomic mass is 10.1. The Labute approximate surface area is 134 Å². The van der Waals surface area contributed by atoms with Gasteiger partial charge in [0.2, 0.25) is 10.0 Å². The molecule has 2 N–H and O–H groups in total. The molecule has 0 aliphatic heterocycles. The first kappa shape index (κ1) is 17.1. The van der Waals surface area contributed by atoms with Crippen LogP contribution in [0.3, 0.4) is 0 Å². The number of halogens is 1. The van der Waals surface area contributed by atoms with Gasteiger partial charge in [0, 0.05) is 12.1 Å². The Morgan fingerprint density at radius 1 is 1.09 bits per heavy atom. The Balaban J connectivity index is 1.95. The van der Waals surface area contributed by atoms with Gasteiger partial charge >= 0.3 is 0 Å². The first-order valence-electron chi connectivity index (χ1n) is 6.92. The van der Waals surface area contributed by atoms with E-state index in [1.165, 1.54) is 31.3 Å². The van der Waals surface area contributed by atoms with E-state index in [9.17, 15) is 17.6 Å². The first-order chi connectivity index (χ1) is 10.9. The molecule has 2 aromatic rings. The Hall–Kier alpha value is -2.25. The van der Waals surface area contributed by atoms with Crippen molar-refractivity contribution in [3.8, 4) is 0 Å². The Kier molecular flexibility index (Phi) is 5.46. The van der Waals surface area contributed by atoms with Crippen LogP contribution >= 0.6 is 0 Å². The molecule has 0 saturated heterocycles. The minimum Gasteiger partial charge on any atom is -0.348 e. The molecule has 0 spiro atoms. The zero-order valence-electron chi connectivity index (χ0n) is 12.5. The molecule has 0 aromatic heterocycles. The van der Waals surface area contributed by atoms with Gasteiger partial charge in [-0.15, -0.1) is 0 Å². The van der Waals surface area contributed by atoms with Gasteiger partial charge in [0.1, 0.15) is 5.82 Å². The normalized spacial score (nSPS) is 11.2. The third-order valence-corrected chi connectivity index (χ3v) is 4.57. The number of benzene rings is 2. The molecule has 122 valence electrons. The predicted octanol–water partition coefficient (Wildman–Crippen LogP) is 1.80. The summed E-state index contributed by atoms with van der Waals surface area (Å²) in [7, 11) is -1.94. The summed E-state index contributed by atoms with van der Waals surface area (Å²) < 4.78 is 38.2. The van der Waals surface area contributed by atoms with Gasteiger partial charge in [-0.3, -0.25) is 4.79 Å². The quantitative estimate of drug-likeness (QED) is 0.845. The first-order valence-corrected chi connectivity index (χ1v) is 8.57. The molecule has 0 atom stereocenters. The summed E-state index contributed by atoms with van der Waals surface area (Å²) in [6.45, 7) is 0.272. The molecular weight excluding hydrogens is 319 g/mol. The second-order valence-corrected chi connectivity index (χ2v) is 6.90. The predicted molar refractivity (Wildman–Crippen MR) is 85.7 cm³/mol. The van der Waals surface area contributed by atoms with Gasteiger partial charge in [0.05, 0.1) is 5.75 Å². The van der Waals surface area contributed by atoms with Gasteiger partial charge in [-0.05, 0) is 36.4 Å². The van der Waals surface area contributed by atoms with Crippen LogP contribution in [-0.2, 0) is 22.3 Å². The SMILES string of the molecule is CNS(=O)(=O)Cc1ccc(CNC(=O)c2cccc(F)c2)cc1.